The highest BCUT2D eigenvalue weighted by Crippen LogP contribution is 2.39. The molecule has 186 valence electrons. The number of hydrogen-bond donors (Lipinski definition) is 0. The first-order chi connectivity index (χ1) is 19.8. The van der Waals surface area contributed by atoms with Crippen molar-refractivity contribution in [2.75, 3.05) is 0 Å². The number of aromatic nitrogens is 2. The molecule has 0 aliphatic rings. The van der Waals surface area contributed by atoms with Crippen LogP contribution in [0.15, 0.2) is 138 Å². The normalized spacial score (nSPS) is 12.0. The highest BCUT2D eigenvalue weighted by molar-refractivity contribution is 6.18. The molecule has 3 nitrogen and oxygen atoms in total. The number of furan rings is 1. The van der Waals surface area contributed by atoms with Gasteiger partial charge in [0.05, 0.1) is 16.7 Å². The van der Waals surface area contributed by atoms with Gasteiger partial charge >= 0.3 is 0 Å². The van der Waals surface area contributed by atoms with Gasteiger partial charge in [-0.15, -0.1) is 0 Å². The van der Waals surface area contributed by atoms with Crippen molar-refractivity contribution in [2.45, 2.75) is 0 Å². The van der Waals surface area contributed by atoms with Crippen LogP contribution in [0, 0.1) is 0 Å². The standard InChI is InChI=1S/C37H22N2O/c1-2-11-25-20-35-30(19-24(25)10-1)31-21-29-28-14-5-6-17-33(28)39(34(29)22-36(31)40-35)37-18-8-16-32(38-37)27-15-7-12-23-9-3-4-13-26(23)27/h1-22H. The number of benzene rings is 6. The van der Waals surface area contributed by atoms with Crippen molar-refractivity contribution in [1.82, 2.24) is 9.55 Å². The molecule has 40 heavy (non-hydrogen) atoms. The molecular weight excluding hydrogens is 488 g/mol. The second-order valence-corrected chi connectivity index (χ2v) is 10.4. The van der Waals surface area contributed by atoms with E-state index in [0.717, 1.165) is 50.0 Å². The van der Waals surface area contributed by atoms with Crippen molar-refractivity contribution < 1.29 is 4.42 Å². The van der Waals surface area contributed by atoms with E-state index in [4.69, 9.17) is 9.40 Å². The Labute approximate surface area is 229 Å². The molecule has 0 amide bonds. The Bertz CT molecular complexity index is 2440. The molecule has 3 heteroatoms. The zero-order valence-corrected chi connectivity index (χ0v) is 21.5. The van der Waals surface area contributed by atoms with Crippen molar-refractivity contribution in [3.8, 4) is 17.1 Å². The van der Waals surface area contributed by atoms with Crippen LogP contribution in [0.4, 0.5) is 0 Å². The van der Waals surface area contributed by atoms with Crippen molar-refractivity contribution in [1.29, 1.82) is 0 Å². The van der Waals surface area contributed by atoms with Crippen LogP contribution in [0.1, 0.15) is 0 Å². The Kier molecular flexibility index (Phi) is 4.33. The molecule has 0 saturated heterocycles. The maximum atomic E-state index is 6.46. The maximum Gasteiger partial charge on any atom is 0.138 e. The molecule has 0 atom stereocenters. The number of pyridine rings is 1. The molecule has 0 fully saturated rings. The second-order valence-electron chi connectivity index (χ2n) is 10.4. The molecule has 6 aromatic carbocycles. The van der Waals surface area contributed by atoms with Crippen LogP contribution >= 0.6 is 0 Å². The van der Waals surface area contributed by atoms with Crippen LogP contribution in [0.3, 0.4) is 0 Å². The monoisotopic (exact) mass is 510 g/mol. The molecule has 0 bridgehead atoms. The van der Waals surface area contributed by atoms with Gasteiger partial charge in [0, 0.05) is 33.2 Å². The first-order valence-corrected chi connectivity index (χ1v) is 13.6. The van der Waals surface area contributed by atoms with E-state index in [2.05, 4.69) is 138 Å². The summed E-state index contributed by atoms with van der Waals surface area (Å²) in [5.74, 6) is 0.887. The van der Waals surface area contributed by atoms with E-state index in [1.54, 1.807) is 0 Å². The molecule has 3 aromatic heterocycles. The van der Waals surface area contributed by atoms with Gasteiger partial charge in [-0.05, 0) is 57.9 Å². The number of nitrogens with zero attached hydrogens (tertiary/aromatic N) is 2. The fourth-order valence-electron chi connectivity index (χ4n) is 6.32. The summed E-state index contributed by atoms with van der Waals surface area (Å²) in [6.45, 7) is 0. The van der Waals surface area contributed by atoms with Gasteiger partial charge in [0.1, 0.15) is 17.0 Å². The topological polar surface area (TPSA) is 31.0 Å². The average Bonchev–Trinajstić information content (AvgIpc) is 3.52. The van der Waals surface area contributed by atoms with E-state index in [9.17, 15) is 0 Å². The smallest absolute Gasteiger partial charge is 0.138 e. The van der Waals surface area contributed by atoms with Gasteiger partial charge in [-0.3, -0.25) is 4.57 Å². The van der Waals surface area contributed by atoms with E-state index in [-0.39, 0.29) is 0 Å². The lowest BCUT2D eigenvalue weighted by Gasteiger charge is -2.11. The average molecular weight is 511 g/mol. The van der Waals surface area contributed by atoms with Gasteiger partial charge < -0.3 is 4.42 Å². The molecule has 0 aliphatic heterocycles. The quantitative estimate of drug-likeness (QED) is 0.232. The summed E-state index contributed by atoms with van der Waals surface area (Å²) in [4.78, 5) is 5.23. The Balaban J connectivity index is 1.33. The first-order valence-electron chi connectivity index (χ1n) is 13.6. The highest BCUT2D eigenvalue weighted by atomic mass is 16.3. The SMILES string of the molecule is c1cc(-c2cccc3ccccc23)nc(-n2c3ccccc3c3cc4c(cc32)oc2cc3ccccc3cc24)c1. The lowest BCUT2D eigenvalue weighted by molar-refractivity contribution is 0.670. The van der Waals surface area contributed by atoms with Crippen molar-refractivity contribution in [2.24, 2.45) is 0 Å². The fraction of sp³-hybridized carbons (Fsp3) is 0. The summed E-state index contributed by atoms with van der Waals surface area (Å²) in [6.07, 6.45) is 0. The molecule has 0 saturated carbocycles. The van der Waals surface area contributed by atoms with E-state index in [1.165, 1.54) is 32.3 Å². The summed E-state index contributed by atoms with van der Waals surface area (Å²) in [5, 5.41) is 9.48. The van der Waals surface area contributed by atoms with Gasteiger partial charge in [-0.1, -0.05) is 91.0 Å². The molecule has 3 heterocycles. The van der Waals surface area contributed by atoms with E-state index >= 15 is 0 Å². The van der Waals surface area contributed by atoms with Crippen molar-refractivity contribution in [3.05, 3.63) is 133 Å². The number of fused-ring (bicyclic) bond motifs is 8. The lowest BCUT2D eigenvalue weighted by atomic mass is 10.0. The maximum absolute atomic E-state index is 6.46. The van der Waals surface area contributed by atoms with Crippen LogP contribution in [-0.2, 0) is 0 Å². The molecule has 0 spiro atoms. The number of hydrogen-bond acceptors (Lipinski definition) is 2. The van der Waals surface area contributed by atoms with Gasteiger partial charge in [-0.25, -0.2) is 4.98 Å². The third-order valence-corrected chi connectivity index (χ3v) is 8.16. The summed E-state index contributed by atoms with van der Waals surface area (Å²) >= 11 is 0. The number of para-hydroxylation sites is 1. The summed E-state index contributed by atoms with van der Waals surface area (Å²) in [5.41, 5.74) is 6.09. The molecule has 9 aromatic rings. The predicted octanol–water partition coefficient (Wildman–Crippen LogP) is 10.1. The van der Waals surface area contributed by atoms with Crippen LogP contribution in [0.5, 0.6) is 0 Å². The highest BCUT2D eigenvalue weighted by Gasteiger charge is 2.18. The summed E-state index contributed by atoms with van der Waals surface area (Å²) in [7, 11) is 0. The molecule has 0 aliphatic carbocycles. The zero-order valence-electron chi connectivity index (χ0n) is 21.5. The minimum absolute atomic E-state index is 0.882. The minimum Gasteiger partial charge on any atom is -0.456 e. The van der Waals surface area contributed by atoms with E-state index in [0.29, 0.717) is 0 Å². The third kappa shape index (κ3) is 3.03. The van der Waals surface area contributed by atoms with Gasteiger partial charge in [0.25, 0.3) is 0 Å². The Hall–Kier alpha value is -5.41. The third-order valence-electron chi connectivity index (χ3n) is 8.16. The second kappa shape index (κ2) is 8.05. The Morgan fingerprint density at radius 3 is 2.02 bits per heavy atom. The number of rotatable bonds is 2. The van der Waals surface area contributed by atoms with Crippen LogP contribution in [0.2, 0.25) is 0 Å². The Morgan fingerprint density at radius 1 is 0.450 bits per heavy atom. The van der Waals surface area contributed by atoms with Gasteiger partial charge in [0.15, 0.2) is 0 Å². The summed E-state index contributed by atoms with van der Waals surface area (Å²) in [6, 6.07) is 47.1. The van der Waals surface area contributed by atoms with E-state index in [1.807, 2.05) is 0 Å². The van der Waals surface area contributed by atoms with Crippen LogP contribution in [-0.4, -0.2) is 9.55 Å². The first kappa shape index (κ1) is 21.5. The zero-order chi connectivity index (χ0) is 26.2. The minimum atomic E-state index is 0.882. The van der Waals surface area contributed by atoms with Gasteiger partial charge in [0.2, 0.25) is 0 Å². The van der Waals surface area contributed by atoms with Crippen LogP contribution in [0.25, 0.3) is 82.4 Å². The largest absolute Gasteiger partial charge is 0.456 e. The Morgan fingerprint density at radius 2 is 1.12 bits per heavy atom. The molecule has 0 radical (unpaired) electrons. The lowest BCUT2D eigenvalue weighted by Crippen LogP contribution is -1.98. The van der Waals surface area contributed by atoms with Crippen molar-refractivity contribution in [3.63, 3.8) is 0 Å². The fourth-order valence-corrected chi connectivity index (χ4v) is 6.32. The van der Waals surface area contributed by atoms with Crippen molar-refractivity contribution >= 4 is 65.3 Å². The molecule has 0 N–H and O–H groups in total. The molecular formula is C37H22N2O. The van der Waals surface area contributed by atoms with Crippen LogP contribution < -0.4 is 0 Å². The van der Waals surface area contributed by atoms with E-state index < -0.39 is 0 Å². The predicted molar refractivity (Wildman–Crippen MR) is 166 cm³/mol. The molecule has 0 unspecified atom stereocenters. The summed E-state index contributed by atoms with van der Waals surface area (Å²) < 4.78 is 8.73. The molecule has 9 rings (SSSR count). The van der Waals surface area contributed by atoms with Gasteiger partial charge in [-0.2, -0.15) is 0 Å².